The van der Waals surface area contributed by atoms with Crippen molar-refractivity contribution in [3.63, 3.8) is 0 Å². The summed E-state index contributed by atoms with van der Waals surface area (Å²) in [5.74, 6) is -1.98. The number of aromatic nitrogens is 2. The van der Waals surface area contributed by atoms with E-state index in [1.165, 1.54) is 24.5 Å². The summed E-state index contributed by atoms with van der Waals surface area (Å²) >= 11 is 1.41. The van der Waals surface area contributed by atoms with Gasteiger partial charge in [0, 0.05) is 73.8 Å². The maximum Gasteiger partial charge on any atom is 0.306 e. The third kappa shape index (κ3) is 25.0. The lowest BCUT2D eigenvalue weighted by Crippen LogP contribution is -2.48. The zero-order valence-electron chi connectivity index (χ0n) is 42.9. The molecule has 1 atom stereocenters. The second kappa shape index (κ2) is 31.5. The third-order valence-corrected chi connectivity index (χ3v) is 10.8. The first-order valence-electron chi connectivity index (χ1n) is 23.9. The van der Waals surface area contributed by atoms with Gasteiger partial charge < -0.3 is 59.7 Å². The lowest BCUT2D eigenvalue weighted by Gasteiger charge is -2.28. The fraction of sp³-hybridized carbons (Fsp3) is 0.646. The molecule has 0 radical (unpaired) electrons. The van der Waals surface area contributed by atoms with Crippen LogP contribution in [0.5, 0.6) is 5.75 Å². The summed E-state index contributed by atoms with van der Waals surface area (Å²) in [5.41, 5.74) is 7.86. The fourth-order valence-corrected chi connectivity index (χ4v) is 7.25. The van der Waals surface area contributed by atoms with Gasteiger partial charge in [0.25, 0.3) is 11.8 Å². The number of rotatable bonds is 36. The van der Waals surface area contributed by atoms with Crippen molar-refractivity contribution < 1.29 is 61.9 Å². The Morgan fingerprint density at radius 2 is 1.42 bits per heavy atom. The van der Waals surface area contributed by atoms with Crippen molar-refractivity contribution in [3.8, 4) is 5.75 Å². The smallest absolute Gasteiger partial charge is 0.306 e. The largest absolute Gasteiger partial charge is 0.496 e. The Morgan fingerprint density at radius 1 is 0.778 bits per heavy atom. The summed E-state index contributed by atoms with van der Waals surface area (Å²) in [6.07, 6.45) is 4.06. The number of hydrogen-bond acceptors (Lipinski definition) is 16. The molecule has 0 saturated heterocycles. The minimum Gasteiger partial charge on any atom is -0.496 e. The molecule has 0 aliphatic heterocycles. The van der Waals surface area contributed by atoms with E-state index in [4.69, 9.17) is 38.7 Å². The van der Waals surface area contributed by atoms with Crippen molar-refractivity contribution >= 4 is 57.5 Å². The number of esters is 1. The molecule has 0 unspecified atom stereocenters. The monoisotopic (exact) mass is 1030 g/mol. The van der Waals surface area contributed by atoms with Gasteiger partial charge in [-0.2, -0.15) is 0 Å². The molecule has 0 aliphatic carbocycles. The summed E-state index contributed by atoms with van der Waals surface area (Å²) in [4.78, 5) is 84.5. The van der Waals surface area contributed by atoms with Gasteiger partial charge in [-0.15, -0.1) is 11.3 Å². The molecular weight excluding hydrogens is 957 g/mol. The van der Waals surface area contributed by atoms with Crippen LogP contribution in [0.3, 0.4) is 0 Å². The van der Waals surface area contributed by atoms with E-state index in [0.717, 1.165) is 0 Å². The van der Waals surface area contributed by atoms with E-state index in [1.807, 2.05) is 39.3 Å². The molecule has 3 aromatic rings. The van der Waals surface area contributed by atoms with Gasteiger partial charge in [0.15, 0.2) is 4.96 Å². The molecule has 1 aromatic carbocycles. The van der Waals surface area contributed by atoms with Crippen molar-refractivity contribution in [3.05, 3.63) is 57.7 Å². The van der Waals surface area contributed by atoms with Crippen LogP contribution in [0.4, 0.5) is 5.69 Å². The number of thiazole rings is 1. The van der Waals surface area contributed by atoms with E-state index in [9.17, 15) is 28.8 Å². The summed E-state index contributed by atoms with van der Waals surface area (Å²) < 4.78 is 40.5. The van der Waals surface area contributed by atoms with Crippen LogP contribution in [-0.4, -0.2) is 156 Å². The highest BCUT2D eigenvalue weighted by Crippen LogP contribution is 2.25. The first-order valence-corrected chi connectivity index (χ1v) is 24.7. The van der Waals surface area contributed by atoms with Crippen molar-refractivity contribution in [2.24, 2.45) is 15.9 Å². The number of nitrogens with one attached hydrogen (secondary N) is 5. The number of anilines is 1. The minimum atomic E-state index is -0.982. The molecule has 3 rings (SSSR count). The molecule has 23 nitrogen and oxygen atoms in total. The Balaban J connectivity index is 1.20. The van der Waals surface area contributed by atoms with Crippen LogP contribution in [0.25, 0.3) is 15.4 Å². The normalized spacial score (nSPS) is 12.1. The SMILES string of the molecule is COc1ccc(NC(=O)c2cn3ccsc3n2)cc1C(=O)NCCCC(=O)NCCOCCOCCOCCOCCNC(=O)[C@@H](CCC(=O)OC(C)(C)C)NC(=O)CC(C)(C)COCC(C)(C)CN=[N+]=[N-]. The minimum absolute atomic E-state index is 0.0407. The number of azide groups is 1. The molecule has 0 saturated carbocycles. The number of carbonyl (C=O) groups excluding carboxylic acids is 6. The van der Waals surface area contributed by atoms with Gasteiger partial charge in [-0.3, -0.25) is 33.2 Å². The van der Waals surface area contributed by atoms with Crippen molar-refractivity contribution in [1.82, 2.24) is 30.7 Å². The lowest BCUT2D eigenvalue weighted by atomic mass is 9.89. The van der Waals surface area contributed by atoms with E-state index in [2.05, 4.69) is 41.6 Å². The van der Waals surface area contributed by atoms with Crippen LogP contribution < -0.4 is 31.3 Å². The summed E-state index contributed by atoms with van der Waals surface area (Å²) in [7, 11) is 1.45. The molecule has 5 N–H and O–H groups in total. The standard InChI is InChI=1S/C48H74N10O13S/c1-46(2,3)71-41(61)14-12-36(55-40(60)29-47(4,5)32-70-33-48(6,7)31-53-57-49)43(63)52-17-20-67-22-24-69-26-25-68-23-21-66-19-16-50-39(59)10-9-15-51-42(62)35-28-34(11-13-38(35)65-8)54-44(64)37-30-58-18-27-72-45(58)56-37/h11,13,18,27-28,30,36H,9-10,12,14-17,19-26,29,31-33H2,1-8H3,(H,50,59)(H,51,62)(H,52,63)(H,54,64)(H,55,60)/t36-/m1/s1. The number of amides is 5. The Kier molecular flexibility index (Phi) is 26.5. The summed E-state index contributed by atoms with van der Waals surface area (Å²) in [6.45, 7) is 16.8. The topological polar surface area (TPSA) is 293 Å². The van der Waals surface area contributed by atoms with Crippen LogP contribution >= 0.6 is 11.3 Å². The highest BCUT2D eigenvalue weighted by atomic mass is 32.1. The van der Waals surface area contributed by atoms with Gasteiger partial charge >= 0.3 is 5.97 Å². The van der Waals surface area contributed by atoms with Gasteiger partial charge in [-0.1, -0.05) is 32.8 Å². The van der Waals surface area contributed by atoms with Crippen molar-refractivity contribution in [2.75, 3.05) is 105 Å². The van der Waals surface area contributed by atoms with Crippen LogP contribution in [0, 0.1) is 10.8 Å². The Bertz CT molecular complexity index is 2210. The molecule has 0 bridgehead atoms. The number of carbonyl (C=O) groups is 6. The molecule has 0 aliphatic rings. The number of fused-ring (bicyclic) bond motifs is 1. The predicted molar refractivity (Wildman–Crippen MR) is 269 cm³/mol. The molecule has 400 valence electrons. The molecular formula is C48H74N10O13S. The van der Waals surface area contributed by atoms with Gasteiger partial charge in [0.05, 0.1) is 78.7 Å². The highest BCUT2D eigenvalue weighted by molar-refractivity contribution is 7.15. The molecule has 2 heterocycles. The second-order valence-corrected chi connectivity index (χ2v) is 20.0. The third-order valence-electron chi connectivity index (χ3n) is 10.0. The van der Waals surface area contributed by atoms with E-state index in [1.54, 1.807) is 43.5 Å². The maximum atomic E-state index is 13.2. The van der Waals surface area contributed by atoms with E-state index >= 15 is 0 Å². The average Bonchev–Trinajstić information content (AvgIpc) is 3.94. The zero-order chi connectivity index (χ0) is 53.0. The number of hydrogen-bond donors (Lipinski definition) is 5. The lowest BCUT2D eigenvalue weighted by molar-refractivity contribution is -0.155. The fourth-order valence-electron chi connectivity index (χ4n) is 6.55. The first-order chi connectivity index (χ1) is 34.2. The Labute approximate surface area is 425 Å². The van der Waals surface area contributed by atoms with Gasteiger partial charge in [0.1, 0.15) is 23.1 Å². The second-order valence-electron chi connectivity index (χ2n) is 19.2. The van der Waals surface area contributed by atoms with Crippen LogP contribution in [0.2, 0.25) is 0 Å². The predicted octanol–water partition coefficient (Wildman–Crippen LogP) is 4.84. The van der Waals surface area contributed by atoms with Crippen LogP contribution in [0.1, 0.15) is 101 Å². The number of methoxy groups -OCH3 is 1. The maximum absolute atomic E-state index is 13.2. The van der Waals surface area contributed by atoms with Crippen LogP contribution in [0.15, 0.2) is 41.1 Å². The molecule has 5 amide bonds. The zero-order valence-corrected chi connectivity index (χ0v) is 43.7. The molecule has 24 heteroatoms. The van der Waals surface area contributed by atoms with Gasteiger partial charge in [0.2, 0.25) is 17.7 Å². The van der Waals surface area contributed by atoms with E-state index in [-0.39, 0.29) is 93.6 Å². The number of imidazole rings is 1. The average molecular weight is 1030 g/mol. The van der Waals surface area contributed by atoms with E-state index < -0.39 is 40.7 Å². The molecule has 2 aromatic heterocycles. The van der Waals surface area contributed by atoms with Gasteiger partial charge in [-0.05, 0) is 68.2 Å². The Hall–Kier alpha value is -5.88. The van der Waals surface area contributed by atoms with E-state index in [0.29, 0.717) is 75.6 Å². The highest BCUT2D eigenvalue weighted by Gasteiger charge is 2.29. The van der Waals surface area contributed by atoms with Crippen molar-refractivity contribution in [2.45, 2.75) is 92.2 Å². The molecule has 72 heavy (non-hydrogen) atoms. The summed E-state index contributed by atoms with van der Waals surface area (Å²) in [5, 5.41) is 19.4. The molecule has 0 spiro atoms. The van der Waals surface area contributed by atoms with Crippen LogP contribution in [-0.2, 0) is 47.6 Å². The van der Waals surface area contributed by atoms with Gasteiger partial charge in [-0.25, -0.2) is 4.98 Å². The number of benzene rings is 1. The quantitative estimate of drug-likeness (QED) is 0.0171. The number of nitrogens with zero attached hydrogens (tertiary/aromatic N) is 5. The molecule has 0 fully saturated rings. The van der Waals surface area contributed by atoms with Crippen molar-refractivity contribution in [1.29, 1.82) is 0 Å². The summed E-state index contributed by atoms with van der Waals surface area (Å²) in [6, 6.07) is 3.76. The Morgan fingerprint density at radius 3 is 2.04 bits per heavy atom. The number of ether oxygens (including phenoxy) is 7. The first kappa shape index (κ1) is 60.4.